The highest BCUT2D eigenvalue weighted by atomic mass is 16.4. The Morgan fingerprint density at radius 2 is 1.86 bits per heavy atom. The summed E-state index contributed by atoms with van der Waals surface area (Å²) in [5, 5.41) is 12.2. The van der Waals surface area contributed by atoms with Crippen LogP contribution in [0.1, 0.15) is 41.0 Å². The first-order valence-corrected chi connectivity index (χ1v) is 5.18. The molecule has 0 bridgehead atoms. The van der Waals surface area contributed by atoms with Crippen molar-refractivity contribution in [3.05, 3.63) is 0 Å². The molecule has 0 aliphatic heterocycles. The topological polar surface area (TPSA) is 49.3 Å². The maximum atomic E-state index is 10.9. The largest absolute Gasteiger partial charge is 0.481 e. The molecule has 0 aliphatic carbocycles. The van der Waals surface area contributed by atoms with Gasteiger partial charge >= 0.3 is 5.97 Å². The number of carboxylic acids is 1. The lowest BCUT2D eigenvalue weighted by atomic mass is 9.84. The summed E-state index contributed by atoms with van der Waals surface area (Å²) in [5.74, 6) is -0.981. The van der Waals surface area contributed by atoms with Gasteiger partial charge in [-0.2, -0.15) is 0 Å². The third-order valence-electron chi connectivity index (χ3n) is 1.98. The molecule has 0 saturated carbocycles. The van der Waals surface area contributed by atoms with Crippen molar-refractivity contribution in [2.24, 2.45) is 11.3 Å². The summed E-state index contributed by atoms with van der Waals surface area (Å²) in [7, 11) is 0. The minimum atomic E-state index is -0.701. The summed E-state index contributed by atoms with van der Waals surface area (Å²) < 4.78 is 0. The smallest absolute Gasteiger partial charge is 0.307 e. The van der Waals surface area contributed by atoms with E-state index in [2.05, 4.69) is 26.1 Å². The molecule has 0 heterocycles. The number of rotatable bonds is 5. The highest BCUT2D eigenvalue weighted by molar-refractivity contribution is 5.70. The molecule has 3 heteroatoms. The zero-order chi connectivity index (χ0) is 11.4. The number of hydrogen-bond donors (Lipinski definition) is 2. The first-order valence-electron chi connectivity index (χ1n) is 5.18. The molecule has 0 aromatic carbocycles. The van der Waals surface area contributed by atoms with Crippen molar-refractivity contribution in [1.82, 2.24) is 5.32 Å². The second-order valence-electron chi connectivity index (χ2n) is 5.36. The van der Waals surface area contributed by atoms with Gasteiger partial charge in [-0.1, -0.05) is 34.6 Å². The average molecular weight is 201 g/mol. The number of nitrogens with one attached hydrogen (secondary N) is 1. The highest BCUT2D eigenvalue weighted by Crippen LogP contribution is 2.24. The molecule has 1 unspecified atom stereocenters. The lowest BCUT2D eigenvalue weighted by Crippen LogP contribution is -2.34. The van der Waals surface area contributed by atoms with E-state index in [0.717, 1.165) is 0 Å². The third-order valence-corrected chi connectivity index (χ3v) is 1.98. The standard InChI is InChI=1S/C11H23NO2/c1-8(2)12-7-9(10(13)14)6-11(3,4)5/h8-9,12H,6-7H2,1-5H3,(H,13,14). The molecule has 1 atom stereocenters. The molecule has 3 nitrogen and oxygen atoms in total. The molecule has 0 amide bonds. The van der Waals surface area contributed by atoms with Crippen molar-refractivity contribution in [2.45, 2.75) is 47.1 Å². The van der Waals surface area contributed by atoms with E-state index in [4.69, 9.17) is 5.11 Å². The van der Waals surface area contributed by atoms with E-state index < -0.39 is 5.97 Å². The van der Waals surface area contributed by atoms with Crippen LogP contribution in [0.2, 0.25) is 0 Å². The fraction of sp³-hybridized carbons (Fsp3) is 0.909. The normalized spacial score (nSPS) is 14.4. The lowest BCUT2D eigenvalue weighted by molar-refractivity contribution is -0.142. The van der Waals surface area contributed by atoms with E-state index in [-0.39, 0.29) is 11.3 Å². The molecule has 0 fully saturated rings. The van der Waals surface area contributed by atoms with Gasteiger partial charge < -0.3 is 10.4 Å². The van der Waals surface area contributed by atoms with Crippen molar-refractivity contribution in [1.29, 1.82) is 0 Å². The van der Waals surface area contributed by atoms with E-state index in [0.29, 0.717) is 19.0 Å². The van der Waals surface area contributed by atoms with Crippen LogP contribution in [-0.2, 0) is 4.79 Å². The fourth-order valence-corrected chi connectivity index (χ4v) is 1.36. The van der Waals surface area contributed by atoms with Gasteiger partial charge in [0.1, 0.15) is 0 Å². The Hall–Kier alpha value is -0.570. The van der Waals surface area contributed by atoms with Crippen LogP contribution >= 0.6 is 0 Å². The lowest BCUT2D eigenvalue weighted by Gasteiger charge is -2.24. The second kappa shape index (κ2) is 5.35. The van der Waals surface area contributed by atoms with Crippen LogP contribution in [0.25, 0.3) is 0 Å². The summed E-state index contributed by atoms with van der Waals surface area (Å²) in [6.07, 6.45) is 0.710. The van der Waals surface area contributed by atoms with Gasteiger partial charge in [-0.3, -0.25) is 4.79 Å². The van der Waals surface area contributed by atoms with Crippen LogP contribution in [0.5, 0.6) is 0 Å². The SMILES string of the molecule is CC(C)NCC(CC(C)(C)C)C(=O)O. The Morgan fingerprint density at radius 1 is 1.36 bits per heavy atom. The van der Waals surface area contributed by atoms with Gasteiger partial charge in [-0.15, -0.1) is 0 Å². The Kier molecular flexibility index (Phi) is 5.13. The maximum Gasteiger partial charge on any atom is 0.307 e. The number of carbonyl (C=O) groups is 1. The molecule has 14 heavy (non-hydrogen) atoms. The van der Waals surface area contributed by atoms with E-state index in [1.807, 2.05) is 13.8 Å². The first-order chi connectivity index (χ1) is 6.22. The Bertz CT molecular complexity index is 182. The van der Waals surface area contributed by atoms with Gasteiger partial charge in [0.25, 0.3) is 0 Å². The Morgan fingerprint density at radius 3 is 2.14 bits per heavy atom. The molecule has 0 spiro atoms. The van der Waals surface area contributed by atoms with Crippen molar-refractivity contribution in [3.8, 4) is 0 Å². The van der Waals surface area contributed by atoms with Gasteiger partial charge in [0.05, 0.1) is 5.92 Å². The first kappa shape index (κ1) is 13.4. The quantitative estimate of drug-likeness (QED) is 0.716. The van der Waals surface area contributed by atoms with Crippen LogP contribution in [0.15, 0.2) is 0 Å². The minimum absolute atomic E-state index is 0.0711. The predicted molar refractivity (Wildman–Crippen MR) is 58.3 cm³/mol. The van der Waals surface area contributed by atoms with E-state index in [9.17, 15) is 4.79 Å². The fourth-order valence-electron chi connectivity index (χ4n) is 1.36. The van der Waals surface area contributed by atoms with Crippen molar-refractivity contribution in [3.63, 3.8) is 0 Å². The molecule has 84 valence electrons. The average Bonchev–Trinajstić information content (AvgIpc) is 1.94. The molecule has 0 aliphatic rings. The summed E-state index contributed by atoms with van der Waals surface area (Å²) in [6.45, 7) is 10.8. The van der Waals surface area contributed by atoms with Gasteiger partial charge in [-0.05, 0) is 11.8 Å². The van der Waals surface area contributed by atoms with Crippen LogP contribution in [0, 0.1) is 11.3 Å². The van der Waals surface area contributed by atoms with E-state index in [1.165, 1.54) is 0 Å². The zero-order valence-corrected chi connectivity index (χ0v) is 9.92. The number of carboxylic acid groups (broad SMARTS) is 1. The molecule has 0 radical (unpaired) electrons. The van der Waals surface area contributed by atoms with Gasteiger partial charge in [-0.25, -0.2) is 0 Å². The van der Waals surface area contributed by atoms with Gasteiger partial charge in [0, 0.05) is 12.6 Å². The molecular formula is C11H23NO2. The maximum absolute atomic E-state index is 10.9. The highest BCUT2D eigenvalue weighted by Gasteiger charge is 2.24. The Balaban J connectivity index is 4.10. The molecule has 0 aromatic rings. The van der Waals surface area contributed by atoms with E-state index in [1.54, 1.807) is 0 Å². The van der Waals surface area contributed by atoms with E-state index >= 15 is 0 Å². The minimum Gasteiger partial charge on any atom is -0.481 e. The molecular weight excluding hydrogens is 178 g/mol. The number of hydrogen-bond acceptors (Lipinski definition) is 2. The van der Waals surface area contributed by atoms with Gasteiger partial charge in [0.15, 0.2) is 0 Å². The predicted octanol–water partition coefficient (Wildman–Crippen LogP) is 2.12. The van der Waals surface area contributed by atoms with Crippen molar-refractivity contribution < 1.29 is 9.90 Å². The third kappa shape index (κ3) is 6.89. The second-order valence-corrected chi connectivity index (χ2v) is 5.36. The monoisotopic (exact) mass is 201 g/mol. The van der Waals surface area contributed by atoms with Crippen LogP contribution < -0.4 is 5.32 Å². The molecule has 0 saturated heterocycles. The summed E-state index contributed by atoms with van der Waals surface area (Å²) in [6, 6.07) is 0.344. The molecule has 0 aromatic heterocycles. The Labute approximate surface area is 86.9 Å². The number of aliphatic carboxylic acids is 1. The summed E-state index contributed by atoms with van der Waals surface area (Å²) in [4.78, 5) is 10.9. The molecule has 0 rings (SSSR count). The molecule has 2 N–H and O–H groups in total. The van der Waals surface area contributed by atoms with Crippen LogP contribution in [0.4, 0.5) is 0 Å². The van der Waals surface area contributed by atoms with Gasteiger partial charge in [0.2, 0.25) is 0 Å². The van der Waals surface area contributed by atoms with Crippen LogP contribution in [-0.4, -0.2) is 23.7 Å². The van der Waals surface area contributed by atoms with Crippen molar-refractivity contribution >= 4 is 5.97 Å². The van der Waals surface area contributed by atoms with Crippen LogP contribution in [0.3, 0.4) is 0 Å². The summed E-state index contributed by atoms with van der Waals surface area (Å²) >= 11 is 0. The zero-order valence-electron chi connectivity index (χ0n) is 9.92. The van der Waals surface area contributed by atoms with Crippen molar-refractivity contribution in [2.75, 3.05) is 6.54 Å². The summed E-state index contributed by atoms with van der Waals surface area (Å²) in [5.41, 5.74) is 0.0711.